The number of halogens is 1. The SMILES string of the molecule is NC(=O)C1CNCC1c1ccc(Cl)c2cccnc12. The van der Waals surface area contributed by atoms with Crippen molar-refractivity contribution in [3.8, 4) is 0 Å². The van der Waals surface area contributed by atoms with Gasteiger partial charge in [0.2, 0.25) is 5.91 Å². The molecule has 19 heavy (non-hydrogen) atoms. The predicted molar refractivity (Wildman–Crippen MR) is 75.0 cm³/mol. The van der Waals surface area contributed by atoms with Crippen molar-refractivity contribution in [2.75, 3.05) is 13.1 Å². The summed E-state index contributed by atoms with van der Waals surface area (Å²) in [6.07, 6.45) is 1.74. The minimum atomic E-state index is -0.269. The molecule has 1 aliphatic rings. The van der Waals surface area contributed by atoms with Crippen molar-refractivity contribution < 1.29 is 4.79 Å². The van der Waals surface area contributed by atoms with Crippen molar-refractivity contribution >= 4 is 28.4 Å². The Labute approximate surface area is 116 Å². The fourth-order valence-electron chi connectivity index (χ4n) is 2.76. The second-order valence-electron chi connectivity index (χ2n) is 4.81. The number of hydrogen-bond donors (Lipinski definition) is 2. The molecule has 4 nitrogen and oxygen atoms in total. The molecule has 1 aliphatic heterocycles. The number of carbonyl (C=O) groups is 1. The first-order valence-corrected chi connectivity index (χ1v) is 6.59. The zero-order valence-electron chi connectivity index (χ0n) is 10.3. The van der Waals surface area contributed by atoms with Crippen molar-refractivity contribution in [1.82, 2.24) is 10.3 Å². The van der Waals surface area contributed by atoms with Gasteiger partial charge in [0.25, 0.3) is 0 Å². The molecule has 3 rings (SSSR count). The number of hydrogen-bond acceptors (Lipinski definition) is 3. The van der Waals surface area contributed by atoms with E-state index in [4.69, 9.17) is 17.3 Å². The Morgan fingerprint density at radius 2 is 2.21 bits per heavy atom. The van der Waals surface area contributed by atoms with E-state index in [2.05, 4.69) is 10.3 Å². The molecule has 1 fully saturated rings. The van der Waals surface area contributed by atoms with E-state index in [0.717, 1.165) is 23.0 Å². The lowest BCUT2D eigenvalue weighted by Crippen LogP contribution is -2.28. The molecule has 1 saturated heterocycles. The van der Waals surface area contributed by atoms with Gasteiger partial charge in [-0.05, 0) is 23.8 Å². The summed E-state index contributed by atoms with van der Waals surface area (Å²) in [7, 11) is 0. The van der Waals surface area contributed by atoms with Gasteiger partial charge in [-0.3, -0.25) is 9.78 Å². The lowest BCUT2D eigenvalue weighted by atomic mass is 9.87. The Bertz CT molecular complexity index is 644. The molecule has 2 heterocycles. The zero-order valence-corrected chi connectivity index (χ0v) is 11.0. The lowest BCUT2D eigenvalue weighted by molar-refractivity contribution is -0.121. The summed E-state index contributed by atoms with van der Waals surface area (Å²) < 4.78 is 0. The molecule has 2 atom stereocenters. The van der Waals surface area contributed by atoms with Crippen LogP contribution in [0.5, 0.6) is 0 Å². The molecular formula is C14H14ClN3O. The van der Waals surface area contributed by atoms with Gasteiger partial charge in [0.05, 0.1) is 11.4 Å². The van der Waals surface area contributed by atoms with Gasteiger partial charge >= 0.3 is 0 Å². The number of benzene rings is 1. The van der Waals surface area contributed by atoms with Gasteiger partial charge in [0.1, 0.15) is 0 Å². The Morgan fingerprint density at radius 1 is 1.37 bits per heavy atom. The molecule has 3 N–H and O–H groups in total. The minimum Gasteiger partial charge on any atom is -0.369 e. The third-order valence-corrected chi connectivity index (χ3v) is 4.06. The fraction of sp³-hybridized carbons (Fsp3) is 0.286. The molecule has 5 heteroatoms. The van der Waals surface area contributed by atoms with Crippen LogP contribution in [0.2, 0.25) is 5.02 Å². The molecule has 2 unspecified atom stereocenters. The second kappa shape index (κ2) is 4.79. The molecule has 1 aromatic heterocycles. The van der Waals surface area contributed by atoms with Gasteiger partial charge in [-0.2, -0.15) is 0 Å². The van der Waals surface area contributed by atoms with Gasteiger partial charge in [-0.25, -0.2) is 0 Å². The Balaban J connectivity index is 2.15. The quantitative estimate of drug-likeness (QED) is 0.876. The number of primary amides is 1. The maximum absolute atomic E-state index is 11.5. The smallest absolute Gasteiger partial charge is 0.222 e. The lowest BCUT2D eigenvalue weighted by Gasteiger charge is -2.17. The largest absolute Gasteiger partial charge is 0.369 e. The van der Waals surface area contributed by atoms with Crippen LogP contribution in [0.3, 0.4) is 0 Å². The second-order valence-corrected chi connectivity index (χ2v) is 5.22. The number of nitrogens with zero attached hydrogens (tertiary/aromatic N) is 1. The van der Waals surface area contributed by atoms with Crippen molar-refractivity contribution in [2.24, 2.45) is 11.7 Å². The summed E-state index contributed by atoms with van der Waals surface area (Å²) in [4.78, 5) is 15.9. The maximum Gasteiger partial charge on any atom is 0.222 e. The van der Waals surface area contributed by atoms with Gasteiger partial charge in [-0.1, -0.05) is 17.7 Å². The molecule has 0 aliphatic carbocycles. The maximum atomic E-state index is 11.5. The van der Waals surface area contributed by atoms with Gasteiger partial charge < -0.3 is 11.1 Å². The van der Waals surface area contributed by atoms with Crippen LogP contribution in [-0.4, -0.2) is 24.0 Å². The van der Waals surface area contributed by atoms with Crippen LogP contribution < -0.4 is 11.1 Å². The number of amides is 1. The van der Waals surface area contributed by atoms with E-state index in [0.29, 0.717) is 11.6 Å². The van der Waals surface area contributed by atoms with Crippen LogP contribution in [-0.2, 0) is 4.79 Å². The van der Waals surface area contributed by atoms with Crippen LogP contribution in [0.1, 0.15) is 11.5 Å². The number of fused-ring (bicyclic) bond motifs is 1. The highest BCUT2D eigenvalue weighted by Crippen LogP contribution is 2.34. The van der Waals surface area contributed by atoms with E-state index in [1.165, 1.54) is 0 Å². The normalized spacial score (nSPS) is 22.8. The number of carbonyl (C=O) groups excluding carboxylic acids is 1. The number of nitrogens with one attached hydrogen (secondary N) is 1. The summed E-state index contributed by atoms with van der Waals surface area (Å²) in [6.45, 7) is 1.36. The first-order chi connectivity index (χ1) is 9.18. The number of aromatic nitrogens is 1. The summed E-state index contributed by atoms with van der Waals surface area (Å²) >= 11 is 6.19. The fourth-order valence-corrected chi connectivity index (χ4v) is 2.98. The van der Waals surface area contributed by atoms with E-state index >= 15 is 0 Å². The van der Waals surface area contributed by atoms with Crippen LogP contribution >= 0.6 is 11.6 Å². The van der Waals surface area contributed by atoms with E-state index in [1.807, 2.05) is 24.3 Å². The van der Waals surface area contributed by atoms with E-state index in [-0.39, 0.29) is 17.7 Å². The standard InChI is InChI=1S/C14H14ClN3O/c15-12-4-3-8(13-9(12)2-1-5-18-13)10-6-17-7-11(10)14(16)19/h1-5,10-11,17H,6-7H2,(H2,16,19). The van der Waals surface area contributed by atoms with Crippen LogP contribution in [0, 0.1) is 5.92 Å². The first kappa shape index (κ1) is 12.4. The van der Waals surface area contributed by atoms with Gasteiger partial charge in [0, 0.05) is 35.6 Å². The summed E-state index contributed by atoms with van der Waals surface area (Å²) in [6, 6.07) is 7.61. The van der Waals surface area contributed by atoms with Crippen LogP contribution in [0.4, 0.5) is 0 Å². The third-order valence-electron chi connectivity index (χ3n) is 3.73. The third kappa shape index (κ3) is 2.07. The van der Waals surface area contributed by atoms with Crippen molar-refractivity contribution in [1.29, 1.82) is 0 Å². The average Bonchev–Trinajstić information content (AvgIpc) is 2.89. The van der Waals surface area contributed by atoms with Crippen LogP contribution in [0.25, 0.3) is 10.9 Å². The van der Waals surface area contributed by atoms with E-state index in [9.17, 15) is 4.79 Å². The van der Waals surface area contributed by atoms with E-state index < -0.39 is 0 Å². The van der Waals surface area contributed by atoms with Crippen molar-refractivity contribution in [3.05, 3.63) is 41.0 Å². The molecule has 0 saturated carbocycles. The minimum absolute atomic E-state index is 0.0622. The Morgan fingerprint density at radius 3 is 3.00 bits per heavy atom. The summed E-state index contributed by atoms with van der Waals surface area (Å²) in [5.41, 5.74) is 7.37. The monoisotopic (exact) mass is 275 g/mol. The average molecular weight is 276 g/mol. The van der Waals surface area contributed by atoms with Crippen molar-refractivity contribution in [3.63, 3.8) is 0 Å². The summed E-state index contributed by atoms with van der Waals surface area (Å²) in [5.74, 6) is -0.396. The zero-order chi connectivity index (χ0) is 13.4. The summed E-state index contributed by atoms with van der Waals surface area (Å²) in [5, 5.41) is 4.81. The van der Waals surface area contributed by atoms with Gasteiger partial charge in [0.15, 0.2) is 0 Å². The number of nitrogens with two attached hydrogens (primary N) is 1. The highest BCUT2D eigenvalue weighted by molar-refractivity contribution is 6.35. The molecule has 0 radical (unpaired) electrons. The van der Waals surface area contributed by atoms with Crippen molar-refractivity contribution in [2.45, 2.75) is 5.92 Å². The molecule has 2 aromatic rings. The predicted octanol–water partition coefficient (Wildman–Crippen LogP) is 1.68. The number of rotatable bonds is 2. The molecule has 1 amide bonds. The highest BCUT2D eigenvalue weighted by Gasteiger charge is 2.33. The number of pyridine rings is 1. The molecule has 0 bridgehead atoms. The molecule has 0 spiro atoms. The first-order valence-electron chi connectivity index (χ1n) is 6.21. The molecular weight excluding hydrogens is 262 g/mol. The van der Waals surface area contributed by atoms with Gasteiger partial charge in [-0.15, -0.1) is 0 Å². The highest BCUT2D eigenvalue weighted by atomic mass is 35.5. The topological polar surface area (TPSA) is 68.0 Å². The Kier molecular flexibility index (Phi) is 3.12. The molecule has 98 valence electrons. The van der Waals surface area contributed by atoms with Crippen LogP contribution in [0.15, 0.2) is 30.5 Å². The Hall–Kier alpha value is -1.65. The molecule has 1 aromatic carbocycles. The van der Waals surface area contributed by atoms with E-state index in [1.54, 1.807) is 6.20 Å².